The molecule has 2 amide bonds. The molecular weight excluding hydrogens is 258 g/mol. The topological polar surface area (TPSA) is 63.7 Å². The highest BCUT2D eigenvalue weighted by Gasteiger charge is 2.54. The van der Waals surface area contributed by atoms with Crippen molar-refractivity contribution in [3.63, 3.8) is 0 Å². The molecule has 1 spiro atoms. The summed E-state index contributed by atoms with van der Waals surface area (Å²) < 4.78 is 0. The first-order chi connectivity index (χ1) is 9.55. The lowest BCUT2D eigenvalue weighted by Crippen LogP contribution is -2.54. The third-order valence-corrected chi connectivity index (χ3v) is 3.79. The van der Waals surface area contributed by atoms with E-state index in [1.807, 2.05) is 30.4 Å². The number of hydroxylamine groups is 2. The van der Waals surface area contributed by atoms with Gasteiger partial charge in [-0.1, -0.05) is 36.5 Å². The molecule has 5 nitrogen and oxygen atoms in total. The summed E-state index contributed by atoms with van der Waals surface area (Å²) in [4.78, 5) is 40.6. The van der Waals surface area contributed by atoms with Gasteiger partial charge in [0, 0.05) is 6.92 Å². The maximum absolute atomic E-state index is 12.7. The minimum atomic E-state index is -0.896. The van der Waals surface area contributed by atoms with Gasteiger partial charge in [-0.15, -0.1) is 5.06 Å². The Bertz CT molecular complexity index is 638. The van der Waals surface area contributed by atoms with Crippen LogP contribution >= 0.6 is 0 Å². The summed E-state index contributed by atoms with van der Waals surface area (Å²) in [5.41, 5.74) is 0.688. The number of allylic oxidation sites excluding steroid dienone is 6. The van der Waals surface area contributed by atoms with Crippen LogP contribution in [0.3, 0.4) is 0 Å². The molecule has 20 heavy (non-hydrogen) atoms. The van der Waals surface area contributed by atoms with Gasteiger partial charge in [-0.25, -0.2) is 4.79 Å². The zero-order valence-electron chi connectivity index (χ0n) is 11.0. The molecular formula is C15H13NO4. The van der Waals surface area contributed by atoms with E-state index in [0.29, 0.717) is 11.5 Å². The highest BCUT2D eigenvalue weighted by atomic mass is 16.7. The van der Waals surface area contributed by atoms with Crippen LogP contribution in [-0.4, -0.2) is 22.8 Å². The van der Waals surface area contributed by atoms with E-state index in [-0.39, 0.29) is 6.42 Å². The van der Waals surface area contributed by atoms with Gasteiger partial charge in [-0.3, -0.25) is 9.59 Å². The number of carbonyl (C=O) groups is 3. The zero-order chi connectivity index (χ0) is 14.3. The lowest BCUT2D eigenvalue weighted by Gasteiger charge is -2.43. The standard InChI is InChI=1S/C15H13NO4/c1-10(17)20-16-13(18)9-12-7-4-6-11-5-2-3-8-15(11,12)14(16)19/h2-7H,8-9H2,1H3. The van der Waals surface area contributed by atoms with E-state index < -0.39 is 23.2 Å². The number of piperidine rings is 1. The van der Waals surface area contributed by atoms with Crippen LogP contribution in [0.4, 0.5) is 0 Å². The minimum absolute atomic E-state index is 0.0779. The number of hydrogen-bond acceptors (Lipinski definition) is 4. The highest BCUT2D eigenvalue weighted by molar-refractivity contribution is 6.06. The van der Waals surface area contributed by atoms with Gasteiger partial charge in [0.05, 0.1) is 6.42 Å². The summed E-state index contributed by atoms with van der Waals surface area (Å²) in [5, 5.41) is 0.617. The van der Waals surface area contributed by atoms with Gasteiger partial charge in [-0.2, -0.15) is 0 Å². The molecule has 1 saturated heterocycles. The molecule has 0 aromatic carbocycles. The number of nitrogens with zero attached hydrogens (tertiary/aromatic N) is 1. The molecule has 1 unspecified atom stereocenters. The van der Waals surface area contributed by atoms with Crippen molar-refractivity contribution in [2.75, 3.05) is 0 Å². The SMILES string of the molecule is CC(=O)ON1C(=O)CC2=CC=CC3=CC=CCC32C1=O. The molecule has 3 aliphatic rings. The molecule has 5 heteroatoms. The van der Waals surface area contributed by atoms with Crippen molar-refractivity contribution >= 4 is 17.8 Å². The molecule has 1 fully saturated rings. The highest BCUT2D eigenvalue weighted by Crippen LogP contribution is 2.49. The number of amides is 2. The maximum Gasteiger partial charge on any atom is 0.330 e. The molecule has 1 aliphatic heterocycles. The predicted octanol–water partition coefficient (Wildman–Crippen LogP) is 1.59. The summed E-state index contributed by atoms with van der Waals surface area (Å²) in [5.74, 6) is -1.68. The summed E-state index contributed by atoms with van der Waals surface area (Å²) >= 11 is 0. The first-order valence-corrected chi connectivity index (χ1v) is 6.36. The fourth-order valence-electron chi connectivity index (χ4n) is 2.90. The van der Waals surface area contributed by atoms with Crippen LogP contribution in [0.2, 0.25) is 0 Å². The van der Waals surface area contributed by atoms with Crippen LogP contribution in [0.5, 0.6) is 0 Å². The number of rotatable bonds is 1. The Kier molecular flexibility index (Phi) is 2.71. The van der Waals surface area contributed by atoms with Crippen LogP contribution in [0.1, 0.15) is 19.8 Å². The zero-order valence-corrected chi connectivity index (χ0v) is 11.0. The van der Waals surface area contributed by atoms with E-state index in [2.05, 4.69) is 0 Å². The Labute approximate surface area is 115 Å². The largest absolute Gasteiger partial charge is 0.331 e. The third-order valence-electron chi connectivity index (χ3n) is 3.79. The monoisotopic (exact) mass is 271 g/mol. The fraction of sp³-hybridized carbons (Fsp3) is 0.267. The van der Waals surface area contributed by atoms with Crippen LogP contribution in [0.15, 0.2) is 47.6 Å². The fourth-order valence-corrected chi connectivity index (χ4v) is 2.90. The molecule has 0 aromatic rings. The average Bonchev–Trinajstić information content (AvgIpc) is 2.43. The van der Waals surface area contributed by atoms with Crippen LogP contribution in [0.25, 0.3) is 0 Å². The van der Waals surface area contributed by atoms with Crippen LogP contribution < -0.4 is 0 Å². The van der Waals surface area contributed by atoms with E-state index in [1.54, 1.807) is 6.08 Å². The van der Waals surface area contributed by atoms with E-state index in [9.17, 15) is 14.4 Å². The van der Waals surface area contributed by atoms with E-state index in [1.165, 1.54) is 6.92 Å². The van der Waals surface area contributed by atoms with Crippen molar-refractivity contribution in [2.24, 2.45) is 5.41 Å². The molecule has 0 radical (unpaired) electrons. The number of carbonyl (C=O) groups excluding carboxylic acids is 3. The first kappa shape index (κ1) is 12.6. The first-order valence-electron chi connectivity index (χ1n) is 6.36. The van der Waals surface area contributed by atoms with Gasteiger partial charge in [0.25, 0.3) is 11.8 Å². The van der Waals surface area contributed by atoms with Gasteiger partial charge < -0.3 is 4.84 Å². The molecule has 0 N–H and O–H groups in total. The molecule has 0 bridgehead atoms. The van der Waals surface area contributed by atoms with Gasteiger partial charge >= 0.3 is 5.97 Å². The van der Waals surface area contributed by atoms with Crippen molar-refractivity contribution in [3.05, 3.63) is 47.6 Å². The second-order valence-corrected chi connectivity index (χ2v) is 4.96. The van der Waals surface area contributed by atoms with Crippen LogP contribution in [-0.2, 0) is 19.2 Å². The minimum Gasteiger partial charge on any atom is -0.331 e. The second-order valence-electron chi connectivity index (χ2n) is 4.96. The Morgan fingerprint density at radius 1 is 1.30 bits per heavy atom. The molecule has 2 aliphatic carbocycles. The molecule has 0 saturated carbocycles. The van der Waals surface area contributed by atoms with Gasteiger partial charge in [0.2, 0.25) is 0 Å². The van der Waals surface area contributed by atoms with E-state index in [4.69, 9.17) is 4.84 Å². The average molecular weight is 271 g/mol. The molecule has 3 rings (SSSR count). The lowest BCUT2D eigenvalue weighted by molar-refractivity contribution is -0.207. The Morgan fingerprint density at radius 2 is 2.10 bits per heavy atom. The normalized spacial score (nSPS) is 27.6. The third kappa shape index (κ3) is 1.59. The molecule has 102 valence electrons. The molecule has 1 heterocycles. The van der Waals surface area contributed by atoms with Crippen molar-refractivity contribution in [2.45, 2.75) is 19.8 Å². The van der Waals surface area contributed by atoms with Gasteiger partial charge in [0.1, 0.15) is 5.41 Å². The van der Waals surface area contributed by atoms with Gasteiger partial charge in [0.15, 0.2) is 0 Å². The van der Waals surface area contributed by atoms with Crippen molar-refractivity contribution in [1.29, 1.82) is 0 Å². The van der Waals surface area contributed by atoms with Crippen LogP contribution in [0, 0.1) is 5.41 Å². The van der Waals surface area contributed by atoms with Crippen molar-refractivity contribution < 1.29 is 19.2 Å². The Morgan fingerprint density at radius 3 is 2.85 bits per heavy atom. The number of hydrogen-bond donors (Lipinski definition) is 0. The smallest absolute Gasteiger partial charge is 0.330 e. The van der Waals surface area contributed by atoms with Gasteiger partial charge in [-0.05, 0) is 17.6 Å². The maximum atomic E-state index is 12.7. The van der Waals surface area contributed by atoms with Crippen molar-refractivity contribution in [3.8, 4) is 0 Å². The summed E-state index contributed by atoms with van der Waals surface area (Å²) in [7, 11) is 0. The summed E-state index contributed by atoms with van der Waals surface area (Å²) in [6.07, 6.45) is 11.7. The molecule has 0 aromatic heterocycles. The Hall–Kier alpha value is -2.43. The molecule has 1 atom stereocenters. The van der Waals surface area contributed by atoms with E-state index in [0.717, 1.165) is 11.1 Å². The summed E-state index contributed by atoms with van der Waals surface area (Å²) in [6.45, 7) is 1.17. The second kappa shape index (κ2) is 4.30. The quantitative estimate of drug-likeness (QED) is 0.679. The predicted molar refractivity (Wildman–Crippen MR) is 69.7 cm³/mol. The number of imide groups is 1. The Balaban J connectivity index is 2.09. The van der Waals surface area contributed by atoms with Crippen molar-refractivity contribution in [1.82, 2.24) is 5.06 Å². The summed E-state index contributed by atoms with van der Waals surface area (Å²) in [6, 6.07) is 0. The lowest BCUT2D eigenvalue weighted by atomic mass is 9.64. The van der Waals surface area contributed by atoms with E-state index >= 15 is 0 Å².